The summed E-state index contributed by atoms with van der Waals surface area (Å²) in [6.45, 7) is 2.41. The standard InChI is InChI=1S/C14H29N2O2P/c1-2-18-19(17,15-13-9-5-3-6-10-13)16-14-11-7-4-8-12-14/h13-14H,2-12H2,1H3,(H2,15,16,17). The topological polar surface area (TPSA) is 50.4 Å². The molecule has 0 bridgehead atoms. The van der Waals surface area contributed by atoms with E-state index in [1.165, 1.54) is 38.5 Å². The van der Waals surface area contributed by atoms with Crippen molar-refractivity contribution in [3.05, 3.63) is 0 Å². The molecule has 5 heteroatoms. The lowest BCUT2D eigenvalue weighted by atomic mass is 9.96. The molecule has 0 unspecified atom stereocenters. The van der Waals surface area contributed by atoms with Crippen molar-refractivity contribution < 1.29 is 9.09 Å². The van der Waals surface area contributed by atoms with Gasteiger partial charge in [0.1, 0.15) is 0 Å². The van der Waals surface area contributed by atoms with Gasteiger partial charge in [0, 0.05) is 12.1 Å². The quantitative estimate of drug-likeness (QED) is 0.726. The smallest absolute Gasteiger partial charge is 0.306 e. The van der Waals surface area contributed by atoms with Crippen LogP contribution in [0.25, 0.3) is 0 Å². The predicted molar refractivity (Wildman–Crippen MR) is 79.2 cm³/mol. The molecule has 0 aromatic carbocycles. The minimum absolute atomic E-state index is 0.363. The summed E-state index contributed by atoms with van der Waals surface area (Å²) in [7, 11) is -2.86. The zero-order valence-electron chi connectivity index (χ0n) is 12.2. The van der Waals surface area contributed by atoms with Crippen LogP contribution in [0.1, 0.15) is 71.1 Å². The van der Waals surface area contributed by atoms with Gasteiger partial charge in [0.15, 0.2) is 0 Å². The van der Waals surface area contributed by atoms with Gasteiger partial charge in [-0.1, -0.05) is 38.5 Å². The van der Waals surface area contributed by atoms with Gasteiger partial charge in [0.2, 0.25) is 0 Å². The molecule has 0 atom stereocenters. The highest BCUT2D eigenvalue weighted by atomic mass is 31.2. The van der Waals surface area contributed by atoms with E-state index in [1.54, 1.807) is 0 Å². The summed E-state index contributed by atoms with van der Waals surface area (Å²) < 4.78 is 18.5. The van der Waals surface area contributed by atoms with Crippen molar-refractivity contribution in [2.45, 2.75) is 83.2 Å². The van der Waals surface area contributed by atoms with Gasteiger partial charge in [-0.05, 0) is 32.6 Å². The van der Waals surface area contributed by atoms with E-state index in [0.717, 1.165) is 25.7 Å². The Morgan fingerprint density at radius 1 is 0.895 bits per heavy atom. The number of rotatable bonds is 6. The first-order chi connectivity index (χ1) is 9.22. The minimum Gasteiger partial charge on any atom is -0.306 e. The Balaban J connectivity index is 1.89. The Kier molecular flexibility index (Phi) is 6.34. The van der Waals surface area contributed by atoms with E-state index in [9.17, 15) is 4.57 Å². The van der Waals surface area contributed by atoms with Gasteiger partial charge in [-0.25, -0.2) is 10.2 Å². The summed E-state index contributed by atoms with van der Waals surface area (Å²) in [5, 5.41) is 6.61. The van der Waals surface area contributed by atoms with Crippen LogP contribution in [0.5, 0.6) is 0 Å². The van der Waals surface area contributed by atoms with Crippen molar-refractivity contribution in [2.24, 2.45) is 0 Å². The fourth-order valence-corrected chi connectivity index (χ4v) is 5.30. The Labute approximate surface area is 117 Å². The highest BCUT2D eigenvalue weighted by molar-refractivity contribution is 7.54. The fourth-order valence-electron chi connectivity index (χ4n) is 3.24. The third-order valence-corrected chi connectivity index (χ3v) is 6.26. The van der Waals surface area contributed by atoms with Crippen molar-refractivity contribution in [2.75, 3.05) is 6.61 Å². The minimum atomic E-state index is -2.86. The molecule has 2 aliphatic carbocycles. The van der Waals surface area contributed by atoms with Crippen molar-refractivity contribution in [3.8, 4) is 0 Å². The van der Waals surface area contributed by atoms with Gasteiger partial charge in [-0.3, -0.25) is 4.57 Å². The molecule has 0 aliphatic heterocycles. The third-order valence-electron chi connectivity index (χ3n) is 4.23. The van der Waals surface area contributed by atoms with E-state index in [1.807, 2.05) is 6.92 Å². The molecule has 19 heavy (non-hydrogen) atoms. The van der Waals surface area contributed by atoms with Crippen LogP contribution in [0.2, 0.25) is 0 Å². The van der Waals surface area contributed by atoms with Crippen molar-refractivity contribution in [3.63, 3.8) is 0 Å². The summed E-state index contributed by atoms with van der Waals surface area (Å²) in [6.07, 6.45) is 12.1. The second kappa shape index (κ2) is 7.78. The van der Waals surface area contributed by atoms with Crippen LogP contribution in [0.3, 0.4) is 0 Å². The Morgan fingerprint density at radius 3 is 1.68 bits per heavy atom. The zero-order valence-corrected chi connectivity index (χ0v) is 13.1. The third kappa shape index (κ3) is 5.18. The first-order valence-electron chi connectivity index (χ1n) is 8.02. The lowest BCUT2D eigenvalue weighted by molar-refractivity contribution is 0.287. The van der Waals surface area contributed by atoms with Crippen molar-refractivity contribution in [1.29, 1.82) is 0 Å². The van der Waals surface area contributed by atoms with Crippen LogP contribution < -0.4 is 10.2 Å². The predicted octanol–water partition coefficient (Wildman–Crippen LogP) is 3.98. The van der Waals surface area contributed by atoms with Gasteiger partial charge >= 0.3 is 7.67 Å². The molecule has 2 rings (SSSR count). The van der Waals surface area contributed by atoms with Crippen molar-refractivity contribution in [1.82, 2.24) is 10.2 Å². The molecule has 0 spiro atoms. The summed E-state index contributed by atoms with van der Waals surface area (Å²) in [4.78, 5) is 0. The van der Waals surface area contributed by atoms with Crippen LogP contribution in [0, 0.1) is 0 Å². The average Bonchev–Trinajstić information content (AvgIpc) is 2.41. The average molecular weight is 288 g/mol. The SMILES string of the molecule is CCOP(=O)(NC1CCCCC1)NC1CCCCC1. The van der Waals surface area contributed by atoms with Gasteiger partial charge in [-0.15, -0.1) is 0 Å². The van der Waals surface area contributed by atoms with E-state index in [4.69, 9.17) is 4.52 Å². The highest BCUT2D eigenvalue weighted by Gasteiger charge is 2.30. The largest absolute Gasteiger partial charge is 0.341 e. The first-order valence-corrected chi connectivity index (χ1v) is 9.64. The second-order valence-corrected chi connectivity index (χ2v) is 7.77. The molecule has 112 valence electrons. The fraction of sp³-hybridized carbons (Fsp3) is 1.00. The van der Waals surface area contributed by atoms with Crippen LogP contribution in [0.15, 0.2) is 0 Å². The highest BCUT2D eigenvalue weighted by Crippen LogP contribution is 2.42. The van der Waals surface area contributed by atoms with Gasteiger partial charge in [0.05, 0.1) is 6.61 Å². The number of hydrogen-bond donors (Lipinski definition) is 2. The maximum Gasteiger partial charge on any atom is 0.341 e. The lowest BCUT2D eigenvalue weighted by Gasteiger charge is -2.32. The molecule has 0 radical (unpaired) electrons. The van der Waals surface area contributed by atoms with Gasteiger partial charge < -0.3 is 4.52 Å². The summed E-state index contributed by atoms with van der Waals surface area (Å²) in [5.41, 5.74) is 0. The maximum absolute atomic E-state index is 12.9. The molecule has 2 fully saturated rings. The Bertz CT molecular complexity index is 276. The zero-order chi connectivity index (χ0) is 13.6. The molecule has 0 aromatic heterocycles. The number of hydrogen-bond acceptors (Lipinski definition) is 2. The van der Waals surface area contributed by atoms with E-state index < -0.39 is 7.67 Å². The molecule has 0 aromatic rings. The van der Waals surface area contributed by atoms with Crippen molar-refractivity contribution >= 4 is 7.67 Å². The number of nitrogens with one attached hydrogen (secondary N) is 2. The normalized spacial score (nSPS) is 23.6. The first kappa shape index (κ1) is 15.5. The molecule has 2 aliphatic rings. The van der Waals surface area contributed by atoms with Crippen LogP contribution in [-0.4, -0.2) is 18.7 Å². The lowest BCUT2D eigenvalue weighted by Crippen LogP contribution is -2.38. The molecule has 0 heterocycles. The molecule has 0 saturated heterocycles. The van der Waals surface area contributed by atoms with E-state index in [2.05, 4.69) is 10.2 Å². The van der Waals surface area contributed by atoms with E-state index in [-0.39, 0.29) is 0 Å². The Morgan fingerprint density at radius 2 is 1.32 bits per heavy atom. The van der Waals surface area contributed by atoms with Gasteiger partial charge in [0.25, 0.3) is 0 Å². The summed E-state index contributed by atoms with van der Waals surface area (Å²) in [6, 6.07) is 0.726. The van der Waals surface area contributed by atoms with E-state index >= 15 is 0 Å². The molecular formula is C14H29N2O2P. The van der Waals surface area contributed by atoms with E-state index in [0.29, 0.717) is 18.7 Å². The monoisotopic (exact) mass is 288 g/mol. The maximum atomic E-state index is 12.9. The summed E-state index contributed by atoms with van der Waals surface area (Å²) >= 11 is 0. The summed E-state index contributed by atoms with van der Waals surface area (Å²) in [5.74, 6) is 0. The molecule has 2 saturated carbocycles. The van der Waals surface area contributed by atoms with Gasteiger partial charge in [-0.2, -0.15) is 0 Å². The Hall–Kier alpha value is 0.110. The molecule has 2 N–H and O–H groups in total. The van der Waals surface area contributed by atoms with Crippen LogP contribution >= 0.6 is 7.67 Å². The molecule has 4 nitrogen and oxygen atoms in total. The second-order valence-electron chi connectivity index (χ2n) is 5.90. The van der Waals surface area contributed by atoms with Crippen LogP contribution in [0.4, 0.5) is 0 Å². The van der Waals surface area contributed by atoms with Crippen LogP contribution in [-0.2, 0) is 9.09 Å². The molecule has 0 amide bonds. The molecular weight excluding hydrogens is 259 g/mol.